The Labute approximate surface area is 115 Å². The highest BCUT2D eigenvalue weighted by Gasteiger charge is 2.10. The summed E-state index contributed by atoms with van der Waals surface area (Å²) in [4.78, 5) is 10.2. The minimum absolute atomic E-state index is 0.0922. The molecule has 0 radical (unpaired) electrons. The van der Waals surface area contributed by atoms with Gasteiger partial charge in [0, 0.05) is 36.3 Å². The van der Waals surface area contributed by atoms with Crippen LogP contribution in [0.2, 0.25) is 0 Å². The number of ether oxygens (including phenoxy) is 1. The van der Waals surface area contributed by atoms with Gasteiger partial charge >= 0.3 is 0 Å². The molecule has 1 N–H and O–H groups in total. The van der Waals surface area contributed by atoms with E-state index in [0.29, 0.717) is 13.2 Å². The SMILES string of the molecule is CCC(COC)NCc1ccc([N+](=O)[O-])cc1Br. The second-order valence-electron chi connectivity index (χ2n) is 3.97. The van der Waals surface area contributed by atoms with Crippen molar-refractivity contribution in [3.8, 4) is 0 Å². The first-order chi connectivity index (χ1) is 8.58. The van der Waals surface area contributed by atoms with E-state index in [1.807, 2.05) is 0 Å². The van der Waals surface area contributed by atoms with Crippen LogP contribution in [-0.2, 0) is 11.3 Å². The van der Waals surface area contributed by atoms with Gasteiger partial charge in [0.1, 0.15) is 0 Å². The van der Waals surface area contributed by atoms with E-state index in [2.05, 4.69) is 28.2 Å². The molecule has 0 spiro atoms. The molecule has 0 saturated carbocycles. The number of nitro benzene ring substituents is 1. The normalized spacial score (nSPS) is 12.4. The Morgan fingerprint density at radius 1 is 1.56 bits per heavy atom. The van der Waals surface area contributed by atoms with Crippen LogP contribution in [0.5, 0.6) is 0 Å². The smallest absolute Gasteiger partial charge is 0.270 e. The van der Waals surface area contributed by atoms with Crippen molar-refractivity contribution in [2.75, 3.05) is 13.7 Å². The van der Waals surface area contributed by atoms with Crippen molar-refractivity contribution >= 4 is 21.6 Å². The molecule has 18 heavy (non-hydrogen) atoms. The van der Waals surface area contributed by atoms with E-state index >= 15 is 0 Å². The lowest BCUT2D eigenvalue weighted by Crippen LogP contribution is -2.32. The molecular weight excluding hydrogens is 300 g/mol. The molecule has 6 heteroatoms. The molecule has 1 unspecified atom stereocenters. The number of nitrogens with zero attached hydrogens (tertiary/aromatic N) is 1. The predicted octanol–water partition coefficient (Wildman–Crippen LogP) is 2.87. The third-order valence-electron chi connectivity index (χ3n) is 2.69. The fourth-order valence-electron chi connectivity index (χ4n) is 1.57. The monoisotopic (exact) mass is 316 g/mol. The highest BCUT2D eigenvalue weighted by atomic mass is 79.9. The fourth-order valence-corrected chi connectivity index (χ4v) is 2.08. The Hall–Kier alpha value is -0.980. The summed E-state index contributed by atoms with van der Waals surface area (Å²) in [6, 6.07) is 5.08. The zero-order chi connectivity index (χ0) is 13.5. The maximum Gasteiger partial charge on any atom is 0.270 e. The minimum Gasteiger partial charge on any atom is -0.383 e. The van der Waals surface area contributed by atoms with Crippen molar-refractivity contribution in [1.82, 2.24) is 5.32 Å². The van der Waals surface area contributed by atoms with Gasteiger partial charge in [-0.15, -0.1) is 0 Å². The van der Waals surface area contributed by atoms with Gasteiger partial charge in [-0.3, -0.25) is 10.1 Å². The maximum absolute atomic E-state index is 10.6. The summed E-state index contributed by atoms with van der Waals surface area (Å²) >= 11 is 3.35. The van der Waals surface area contributed by atoms with Crippen molar-refractivity contribution in [3.05, 3.63) is 38.3 Å². The molecule has 0 aliphatic heterocycles. The highest BCUT2D eigenvalue weighted by Crippen LogP contribution is 2.22. The average molecular weight is 317 g/mol. The molecular formula is C12H17BrN2O3. The van der Waals surface area contributed by atoms with Crippen LogP contribution in [0.1, 0.15) is 18.9 Å². The topological polar surface area (TPSA) is 64.4 Å². The van der Waals surface area contributed by atoms with Crippen molar-refractivity contribution in [3.63, 3.8) is 0 Å². The van der Waals surface area contributed by atoms with Gasteiger partial charge in [-0.25, -0.2) is 0 Å². The first-order valence-electron chi connectivity index (χ1n) is 5.73. The molecule has 0 aliphatic carbocycles. The summed E-state index contributed by atoms with van der Waals surface area (Å²) in [5, 5.41) is 14.0. The Kier molecular flexibility index (Phi) is 6.24. The largest absolute Gasteiger partial charge is 0.383 e. The molecule has 0 amide bonds. The number of non-ortho nitro benzene ring substituents is 1. The van der Waals surface area contributed by atoms with Gasteiger partial charge in [0.2, 0.25) is 0 Å². The first-order valence-corrected chi connectivity index (χ1v) is 6.53. The summed E-state index contributed by atoms with van der Waals surface area (Å²) in [6.45, 7) is 3.39. The summed E-state index contributed by atoms with van der Waals surface area (Å²) in [5.74, 6) is 0. The molecule has 0 fully saturated rings. The standard InChI is InChI=1S/C12H17BrN2O3/c1-3-10(8-18-2)14-7-9-4-5-11(15(16)17)6-12(9)13/h4-6,10,14H,3,7-8H2,1-2H3. The van der Waals surface area contributed by atoms with Crippen LogP contribution in [0.25, 0.3) is 0 Å². The van der Waals surface area contributed by atoms with E-state index < -0.39 is 4.92 Å². The Morgan fingerprint density at radius 3 is 2.78 bits per heavy atom. The van der Waals surface area contributed by atoms with Crippen molar-refractivity contribution in [2.24, 2.45) is 0 Å². The van der Waals surface area contributed by atoms with E-state index in [4.69, 9.17) is 4.74 Å². The average Bonchev–Trinajstić information content (AvgIpc) is 2.35. The molecule has 1 rings (SSSR count). The van der Waals surface area contributed by atoms with Crippen LogP contribution in [0.3, 0.4) is 0 Å². The lowest BCUT2D eigenvalue weighted by Gasteiger charge is -2.16. The Morgan fingerprint density at radius 2 is 2.28 bits per heavy atom. The molecule has 5 nitrogen and oxygen atoms in total. The quantitative estimate of drug-likeness (QED) is 0.620. The zero-order valence-corrected chi connectivity index (χ0v) is 12.1. The van der Waals surface area contributed by atoms with Gasteiger partial charge in [0.05, 0.1) is 11.5 Å². The molecule has 1 atom stereocenters. The van der Waals surface area contributed by atoms with E-state index in [1.54, 1.807) is 13.2 Å². The molecule has 1 aromatic rings. The zero-order valence-electron chi connectivity index (χ0n) is 10.5. The van der Waals surface area contributed by atoms with Gasteiger partial charge < -0.3 is 10.1 Å². The number of halogens is 1. The number of hydrogen-bond donors (Lipinski definition) is 1. The third kappa shape index (κ3) is 4.36. The summed E-state index contributed by atoms with van der Waals surface area (Å²) in [7, 11) is 1.67. The Bertz CT molecular complexity index is 412. The van der Waals surface area contributed by atoms with Crippen LogP contribution in [-0.4, -0.2) is 24.7 Å². The van der Waals surface area contributed by atoms with Crippen LogP contribution < -0.4 is 5.32 Å². The fraction of sp³-hybridized carbons (Fsp3) is 0.500. The number of methoxy groups -OCH3 is 1. The van der Waals surface area contributed by atoms with Crippen LogP contribution in [0, 0.1) is 10.1 Å². The molecule has 0 aromatic heterocycles. The Balaban J connectivity index is 2.65. The van der Waals surface area contributed by atoms with Crippen LogP contribution >= 0.6 is 15.9 Å². The minimum atomic E-state index is -0.401. The summed E-state index contributed by atoms with van der Waals surface area (Å²) in [5.41, 5.74) is 1.09. The lowest BCUT2D eigenvalue weighted by atomic mass is 10.2. The van der Waals surface area contributed by atoms with Gasteiger partial charge in [-0.2, -0.15) is 0 Å². The van der Waals surface area contributed by atoms with Crippen molar-refractivity contribution in [2.45, 2.75) is 25.9 Å². The third-order valence-corrected chi connectivity index (χ3v) is 3.43. The summed E-state index contributed by atoms with van der Waals surface area (Å²) in [6.07, 6.45) is 0.971. The molecule has 100 valence electrons. The maximum atomic E-state index is 10.6. The van der Waals surface area contributed by atoms with Crippen LogP contribution in [0.4, 0.5) is 5.69 Å². The number of nitrogens with one attached hydrogen (secondary N) is 1. The molecule has 1 aromatic carbocycles. The van der Waals surface area contributed by atoms with Crippen molar-refractivity contribution < 1.29 is 9.66 Å². The number of hydrogen-bond acceptors (Lipinski definition) is 4. The van der Waals surface area contributed by atoms with E-state index in [1.165, 1.54) is 12.1 Å². The predicted molar refractivity (Wildman–Crippen MR) is 73.6 cm³/mol. The van der Waals surface area contributed by atoms with Gasteiger partial charge in [-0.1, -0.05) is 22.9 Å². The summed E-state index contributed by atoms with van der Waals surface area (Å²) < 4.78 is 5.85. The van der Waals surface area contributed by atoms with Gasteiger partial charge in [0.25, 0.3) is 5.69 Å². The first kappa shape index (κ1) is 15.1. The second kappa shape index (κ2) is 7.45. The number of rotatable bonds is 7. The lowest BCUT2D eigenvalue weighted by molar-refractivity contribution is -0.384. The molecule has 0 aliphatic rings. The van der Waals surface area contributed by atoms with Gasteiger partial charge in [-0.05, 0) is 18.1 Å². The second-order valence-corrected chi connectivity index (χ2v) is 4.83. The highest BCUT2D eigenvalue weighted by molar-refractivity contribution is 9.10. The number of nitro groups is 1. The van der Waals surface area contributed by atoms with E-state index in [0.717, 1.165) is 16.5 Å². The molecule has 0 heterocycles. The van der Waals surface area contributed by atoms with Crippen molar-refractivity contribution in [1.29, 1.82) is 0 Å². The van der Waals surface area contributed by atoms with Crippen LogP contribution in [0.15, 0.2) is 22.7 Å². The number of benzene rings is 1. The molecule has 0 saturated heterocycles. The molecule has 0 bridgehead atoms. The van der Waals surface area contributed by atoms with Gasteiger partial charge in [0.15, 0.2) is 0 Å². The van der Waals surface area contributed by atoms with E-state index in [-0.39, 0.29) is 11.7 Å². The van der Waals surface area contributed by atoms with E-state index in [9.17, 15) is 10.1 Å².